The van der Waals surface area contributed by atoms with Gasteiger partial charge in [-0.15, -0.1) is 0 Å². The number of halogens is 1. The summed E-state index contributed by atoms with van der Waals surface area (Å²) in [4.78, 5) is 23.5. The lowest BCUT2D eigenvalue weighted by Crippen LogP contribution is -2.14. The maximum atomic E-state index is 11.8. The fourth-order valence-electron chi connectivity index (χ4n) is 1.59. The standard InChI is InChI=1S/C15H12ClNO3/c16-12-7-6-11(8-13(12)17)15(19)20-9-14(18)10-4-2-1-3-5-10/h1-8H,9,17H2. The third kappa shape index (κ3) is 3.36. The zero-order chi connectivity index (χ0) is 14.5. The summed E-state index contributed by atoms with van der Waals surface area (Å²) in [6.07, 6.45) is 0. The Morgan fingerprint density at radius 3 is 2.40 bits per heavy atom. The van der Waals surface area contributed by atoms with Crippen LogP contribution in [-0.2, 0) is 4.74 Å². The van der Waals surface area contributed by atoms with Crippen LogP contribution in [0.1, 0.15) is 20.7 Å². The predicted octanol–water partition coefficient (Wildman–Crippen LogP) is 2.96. The maximum Gasteiger partial charge on any atom is 0.338 e. The molecule has 0 aromatic heterocycles. The fraction of sp³-hybridized carbons (Fsp3) is 0.0667. The Kier molecular flexibility index (Phi) is 4.38. The number of esters is 1. The molecule has 4 nitrogen and oxygen atoms in total. The van der Waals surface area contributed by atoms with Gasteiger partial charge in [0.15, 0.2) is 12.4 Å². The lowest BCUT2D eigenvalue weighted by atomic mass is 10.1. The van der Waals surface area contributed by atoms with Crippen LogP contribution in [0.5, 0.6) is 0 Å². The second-order valence-electron chi connectivity index (χ2n) is 4.10. The van der Waals surface area contributed by atoms with Gasteiger partial charge < -0.3 is 10.5 Å². The Bertz CT molecular complexity index is 641. The molecule has 0 saturated heterocycles. The molecule has 0 spiro atoms. The number of hydrogen-bond acceptors (Lipinski definition) is 4. The van der Waals surface area contributed by atoms with Crippen molar-refractivity contribution < 1.29 is 14.3 Å². The number of rotatable bonds is 4. The lowest BCUT2D eigenvalue weighted by molar-refractivity contribution is 0.0475. The summed E-state index contributed by atoms with van der Waals surface area (Å²) >= 11 is 5.76. The summed E-state index contributed by atoms with van der Waals surface area (Å²) in [5.41, 5.74) is 6.64. The molecule has 0 aliphatic rings. The molecule has 0 radical (unpaired) electrons. The largest absolute Gasteiger partial charge is 0.454 e. The van der Waals surface area contributed by atoms with E-state index in [2.05, 4.69) is 0 Å². The van der Waals surface area contributed by atoms with Crippen LogP contribution in [0.4, 0.5) is 5.69 Å². The van der Waals surface area contributed by atoms with Crippen molar-refractivity contribution >= 4 is 29.0 Å². The van der Waals surface area contributed by atoms with Crippen LogP contribution >= 0.6 is 11.6 Å². The SMILES string of the molecule is Nc1cc(C(=O)OCC(=O)c2ccccc2)ccc1Cl. The van der Waals surface area contributed by atoms with Gasteiger partial charge >= 0.3 is 5.97 Å². The van der Waals surface area contributed by atoms with Crippen molar-refractivity contribution in [2.45, 2.75) is 0 Å². The van der Waals surface area contributed by atoms with Gasteiger partial charge in [0.25, 0.3) is 0 Å². The highest BCUT2D eigenvalue weighted by atomic mass is 35.5. The minimum Gasteiger partial charge on any atom is -0.454 e. The molecule has 2 aromatic rings. The van der Waals surface area contributed by atoms with E-state index in [0.29, 0.717) is 10.6 Å². The Morgan fingerprint density at radius 2 is 1.75 bits per heavy atom. The number of Topliss-reactive ketones (excluding diaryl/α,β-unsaturated/α-hetero) is 1. The Hall–Kier alpha value is -2.33. The van der Waals surface area contributed by atoms with Crippen LogP contribution in [0.15, 0.2) is 48.5 Å². The van der Waals surface area contributed by atoms with Gasteiger partial charge in [-0.3, -0.25) is 4.79 Å². The summed E-state index contributed by atoms with van der Waals surface area (Å²) in [5.74, 6) is -0.876. The van der Waals surface area contributed by atoms with Crippen molar-refractivity contribution in [1.82, 2.24) is 0 Å². The lowest BCUT2D eigenvalue weighted by Gasteiger charge is -2.05. The third-order valence-corrected chi connectivity index (χ3v) is 3.01. The van der Waals surface area contributed by atoms with Gasteiger partial charge in [0.1, 0.15) is 0 Å². The van der Waals surface area contributed by atoms with Crippen molar-refractivity contribution in [1.29, 1.82) is 0 Å². The molecule has 0 bridgehead atoms. The fourth-order valence-corrected chi connectivity index (χ4v) is 1.71. The first-order chi connectivity index (χ1) is 9.58. The van der Waals surface area contributed by atoms with Crippen molar-refractivity contribution in [2.24, 2.45) is 0 Å². The highest BCUT2D eigenvalue weighted by Gasteiger charge is 2.12. The van der Waals surface area contributed by atoms with Crippen LogP contribution in [0, 0.1) is 0 Å². The summed E-state index contributed by atoms with van der Waals surface area (Å²) in [7, 11) is 0. The van der Waals surface area contributed by atoms with Gasteiger partial charge in [-0.05, 0) is 18.2 Å². The Labute approximate surface area is 121 Å². The smallest absolute Gasteiger partial charge is 0.338 e. The first-order valence-corrected chi connectivity index (χ1v) is 6.26. The molecule has 2 N–H and O–H groups in total. The number of benzene rings is 2. The van der Waals surface area contributed by atoms with Crippen LogP contribution in [0.3, 0.4) is 0 Å². The second-order valence-corrected chi connectivity index (χ2v) is 4.51. The summed E-state index contributed by atoms with van der Waals surface area (Å²) < 4.78 is 4.95. The van der Waals surface area contributed by atoms with E-state index in [1.807, 2.05) is 0 Å². The van der Waals surface area contributed by atoms with Gasteiger partial charge in [-0.2, -0.15) is 0 Å². The van der Waals surface area contributed by atoms with Gasteiger partial charge in [-0.25, -0.2) is 4.79 Å². The number of carbonyl (C=O) groups is 2. The van der Waals surface area contributed by atoms with Crippen molar-refractivity contribution in [3.05, 3.63) is 64.7 Å². The number of ketones is 1. The average molecular weight is 290 g/mol. The predicted molar refractivity (Wildman–Crippen MR) is 76.9 cm³/mol. The van der Waals surface area contributed by atoms with E-state index in [0.717, 1.165) is 0 Å². The van der Waals surface area contributed by atoms with Crippen LogP contribution < -0.4 is 5.73 Å². The normalized spacial score (nSPS) is 10.1. The molecular weight excluding hydrogens is 278 g/mol. The second kappa shape index (κ2) is 6.21. The Balaban J connectivity index is 1.98. The van der Waals surface area contributed by atoms with E-state index < -0.39 is 5.97 Å². The molecule has 0 unspecified atom stereocenters. The van der Waals surface area contributed by atoms with E-state index in [9.17, 15) is 9.59 Å². The number of ether oxygens (including phenoxy) is 1. The monoisotopic (exact) mass is 289 g/mol. The molecule has 5 heteroatoms. The molecule has 20 heavy (non-hydrogen) atoms. The molecule has 0 heterocycles. The van der Waals surface area contributed by atoms with Crippen LogP contribution in [-0.4, -0.2) is 18.4 Å². The van der Waals surface area contributed by atoms with Crippen LogP contribution in [0.2, 0.25) is 5.02 Å². The topological polar surface area (TPSA) is 69.4 Å². The number of nitrogen functional groups attached to an aromatic ring is 1. The highest BCUT2D eigenvalue weighted by molar-refractivity contribution is 6.33. The van der Waals surface area contributed by atoms with Crippen molar-refractivity contribution in [2.75, 3.05) is 12.3 Å². The average Bonchev–Trinajstić information content (AvgIpc) is 2.48. The minimum absolute atomic E-state index is 0.257. The zero-order valence-corrected chi connectivity index (χ0v) is 11.3. The number of nitrogens with two attached hydrogens (primary N) is 1. The first-order valence-electron chi connectivity index (χ1n) is 5.88. The van der Waals surface area contributed by atoms with Crippen molar-refractivity contribution in [3.63, 3.8) is 0 Å². The molecule has 0 amide bonds. The number of carbonyl (C=O) groups excluding carboxylic acids is 2. The van der Waals surface area contributed by atoms with E-state index in [4.69, 9.17) is 22.1 Å². The minimum atomic E-state index is -0.613. The Morgan fingerprint density at radius 1 is 1.05 bits per heavy atom. The van der Waals surface area contributed by atoms with E-state index >= 15 is 0 Å². The van der Waals surface area contributed by atoms with Gasteiger partial charge in [-0.1, -0.05) is 41.9 Å². The van der Waals surface area contributed by atoms with Gasteiger partial charge in [0, 0.05) is 5.56 Å². The molecule has 102 valence electrons. The van der Waals surface area contributed by atoms with E-state index in [-0.39, 0.29) is 23.6 Å². The van der Waals surface area contributed by atoms with Crippen molar-refractivity contribution in [3.8, 4) is 0 Å². The molecule has 0 atom stereocenters. The molecule has 0 fully saturated rings. The number of anilines is 1. The summed E-state index contributed by atoms with van der Waals surface area (Å²) in [6.45, 7) is -0.314. The van der Waals surface area contributed by atoms with E-state index in [1.54, 1.807) is 30.3 Å². The molecular formula is C15H12ClNO3. The summed E-state index contributed by atoms with van der Waals surface area (Å²) in [6, 6.07) is 13.0. The van der Waals surface area contributed by atoms with Crippen LogP contribution in [0.25, 0.3) is 0 Å². The van der Waals surface area contributed by atoms with Gasteiger partial charge in [0.05, 0.1) is 16.3 Å². The first kappa shape index (κ1) is 14.1. The zero-order valence-electron chi connectivity index (χ0n) is 10.5. The number of hydrogen-bond donors (Lipinski definition) is 1. The quantitative estimate of drug-likeness (QED) is 0.534. The molecule has 2 aromatic carbocycles. The molecule has 0 aliphatic heterocycles. The highest BCUT2D eigenvalue weighted by Crippen LogP contribution is 2.19. The molecule has 0 saturated carbocycles. The molecule has 2 rings (SSSR count). The summed E-state index contributed by atoms with van der Waals surface area (Å²) in [5, 5.41) is 0.363. The van der Waals surface area contributed by atoms with Gasteiger partial charge in [0.2, 0.25) is 0 Å². The van der Waals surface area contributed by atoms with E-state index in [1.165, 1.54) is 18.2 Å². The third-order valence-electron chi connectivity index (χ3n) is 2.66. The molecule has 0 aliphatic carbocycles. The maximum absolute atomic E-state index is 11.8.